The average molecular weight is 473 g/mol. The summed E-state index contributed by atoms with van der Waals surface area (Å²) in [4.78, 5) is 16.0. The van der Waals surface area contributed by atoms with Gasteiger partial charge in [-0.2, -0.15) is 5.10 Å². The first-order chi connectivity index (χ1) is 16.5. The molecule has 5 aromatic rings. The molecule has 168 valence electrons. The first kappa shape index (κ1) is 21.5. The van der Waals surface area contributed by atoms with Crippen LogP contribution in [0.4, 0.5) is 15.8 Å². The van der Waals surface area contributed by atoms with Crippen molar-refractivity contribution >= 4 is 39.4 Å². The summed E-state index contributed by atoms with van der Waals surface area (Å²) in [5.74, 6) is 0.196. The molecule has 0 saturated heterocycles. The van der Waals surface area contributed by atoms with E-state index in [2.05, 4.69) is 4.99 Å². The average Bonchev–Trinajstić information content (AvgIpc) is 3.43. The van der Waals surface area contributed by atoms with Crippen molar-refractivity contribution < 1.29 is 13.7 Å². The molecule has 9 heteroatoms. The van der Waals surface area contributed by atoms with Crippen LogP contribution in [0, 0.1) is 15.9 Å². The van der Waals surface area contributed by atoms with Gasteiger partial charge in [-0.3, -0.25) is 10.1 Å². The van der Waals surface area contributed by atoms with Crippen molar-refractivity contribution in [1.29, 1.82) is 0 Å². The van der Waals surface area contributed by atoms with E-state index < -0.39 is 4.92 Å². The number of aromatic nitrogens is 1. The van der Waals surface area contributed by atoms with Gasteiger partial charge in [-0.1, -0.05) is 42.5 Å². The molecule has 0 atom stereocenters. The Kier molecular flexibility index (Phi) is 5.60. The van der Waals surface area contributed by atoms with E-state index in [0.717, 1.165) is 11.0 Å². The predicted octanol–water partition coefficient (Wildman–Crippen LogP) is 6.51. The van der Waals surface area contributed by atoms with E-state index in [4.69, 9.17) is 9.52 Å². The summed E-state index contributed by atoms with van der Waals surface area (Å²) in [5, 5.41) is 18.9. The van der Waals surface area contributed by atoms with Crippen LogP contribution in [0.1, 0.15) is 12.5 Å². The number of nitro benzene ring substituents is 1. The number of furan rings is 1. The van der Waals surface area contributed by atoms with Crippen molar-refractivity contribution in [3.05, 3.63) is 111 Å². The Hall–Kier alpha value is -4.37. The van der Waals surface area contributed by atoms with Gasteiger partial charge in [0.15, 0.2) is 5.76 Å². The molecule has 0 unspecified atom stereocenters. The highest BCUT2D eigenvalue weighted by Crippen LogP contribution is 2.30. The Labute approximate surface area is 196 Å². The highest BCUT2D eigenvalue weighted by atomic mass is 32.1. The van der Waals surface area contributed by atoms with Gasteiger partial charge < -0.3 is 4.42 Å². The highest BCUT2D eigenvalue weighted by molar-refractivity contribution is 7.07. The van der Waals surface area contributed by atoms with Crippen LogP contribution >= 0.6 is 11.3 Å². The number of hydrogen-bond donors (Lipinski definition) is 0. The van der Waals surface area contributed by atoms with Crippen LogP contribution in [0.3, 0.4) is 0 Å². The van der Waals surface area contributed by atoms with Crippen molar-refractivity contribution in [2.45, 2.75) is 6.92 Å². The number of hydrogen-bond acceptors (Lipinski definition) is 6. The molecule has 0 radical (unpaired) electrons. The molecule has 0 saturated carbocycles. The summed E-state index contributed by atoms with van der Waals surface area (Å²) in [6, 6.07) is 21.9. The lowest BCUT2D eigenvalue weighted by Crippen LogP contribution is -2.14. The number of benzene rings is 3. The summed E-state index contributed by atoms with van der Waals surface area (Å²) in [6.07, 6.45) is 0. The summed E-state index contributed by atoms with van der Waals surface area (Å²) >= 11 is 1.27. The molecule has 3 aromatic carbocycles. The molecular weight excluding hydrogens is 455 g/mol. The zero-order chi connectivity index (χ0) is 23.7. The SMILES string of the molecule is CC(=Nn1c(-c2cc3ccccc3o2)csc1=Nc1ccccc1[N+](=O)[O-])c1cccc(F)c1. The molecule has 34 heavy (non-hydrogen) atoms. The molecule has 2 aromatic heterocycles. The normalized spacial score (nSPS) is 12.4. The maximum absolute atomic E-state index is 13.8. The van der Waals surface area contributed by atoms with Crippen LogP contribution < -0.4 is 4.80 Å². The first-order valence-electron chi connectivity index (χ1n) is 10.3. The Balaban J connectivity index is 1.73. The molecule has 0 spiro atoms. The van der Waals surface area contributed by atoms with Gasteiger partial charge in [-0.05, 0) is 37.3 Å². The fourth-order valence-electron chi connectivity index (χ4n) is 3.49. The van der Waals surface area contributed by atoms with Gasteiger partial charge in [0, 0.05) is 22.4 Å². The van der Waals surface area contributed by atoms with E-state index in [1.807, 2.05) is 35.7 Å². The lowest BCUT2D eigenvalue weighted by atomic mass is 10.1. The molecule has 7 nitrogen and oxygen atoms in total. The Morgan fingerprint density at radius 1 is 1.06 bits per heavy atom. The lowest BCUT2D eigenvalue weighted by Gasteiger charge is -2.05. The summed E-state index contributed by atoms with van der Waals surface area (Å²) in [5.41, 5.74) is 2.58. The number of rotatable bonds is 5. The predicted molar refractivity (Wildman–Crippen MR) is 130 cm³/mol. The molecular formula is C25H17FN4O3S. The van der Waals surface area contributed by atoms with E-state index in [1.165, 1.54) is 29.5 Å². The minimum Gasteiger partial charge on any atom is -0.454 e. The van der Waals surface area contributed by atoms with E-state index >= 15 is 0 Å². The number of halogens is 1. The second-order valence-corrected chi connectivity index (χ2v) is 8.25. The van der Waals surface area contributed by atoms with Crippen LogP contribution in [-0.2, 0) is 0 Å². The maximum Gasteiger partial charge on any atom is 0.294 e. The van der Waals surface area contributed by atoms with E-state index in [9.17, 15) is 14.5 Å². The standard InChI is InChI=1S/C25H17FN4O3S/c1-16(17-8-6-9-19(26)13-17)28-29-22(24-14-18-7-2-5-12-23(18)33-24)15-34-25(29)27-20-10-3-4-11-21(20)30(31)32/h2-15H,1H3. The van der Waals surface area contributed by atoms with Crippen molar-refractivity contribution in [1.82, 2.24) is 4.68 Å². The van der Waals surface area contributed by atoms with Crippen molar-refractivity contribution in [3.63, 3.8) is 0 Å². The van der Waals surface area contributed by atoms with Gasteiger partial charge in [0.25, 0.3) is 5.69 Å². The van der Waals surface area contributed by atoms with Crippen LogP contribution in [0.2, 0.25) is 0 Å². The minimum atomic E-state index is -0.474. The number of nitro groups is 1. The largest absolute Gasteiger partial charge is 0.454 e. The zero-order valence-electron chi connectivity index (χ0n) is 17.9. The molecule has 0 N–H and O–H groups in total. The summed E-state index contributed by atoms with van der Waals surface area (Å²) < 4.78 is 21.4. The van der Waals surface area contributed by atoms with Crippen LogP contribution in [-0.4, -0.2) is 15.3 Å². The van der Waals surface area contributed by atoms with Crippen molar-refractivity contribution in [3.8, 4) is 11.5 Å². The second-order valence-electron chi connectivity index (χ2n) is 7.42. The van der Waals surface area contributed by atoms with Crippen molar-refractivity contribution in [2.75, 3.05) is 0 Å². The van der Waals surface area contributed by atoms with Crippen molar-refractivity contribution in [2.24, 2.45) is 10.1 Å². The van der Waals surface area contributed by atoms with E-state index in [0.29, 0.717) is 27.5 Å². The Morgan fingerprint density at radius 2 is 1.85 bits per heavy atom. The first-order valence-corrected chi connectivity index (χ1v) is 11.2. The van der Waals surface area contributed by atoms with Gasteiger partial charge in [-0.15, -0.1) is 11.3 Å². The van der Waals surface area contributed by atoms with Crippen LogP contribution in [0.5, 0.6) is 0 Å². The van der Waals surface area contributed by atoms with E-state index in [-0.39, 0.29) is 17.2 Å². The molecule has 5 rings (SSSR count). The summed E-state index contributed by atoms with van der Waals surface area (Å²) in [7, 11) is 0. The quantitative estimate of drug-likeness (QED) is 0.166. The van der Waals surface area contributed by atoms with E-state index in [1.54, 1.807) is 41.9 Å². The second kappa shape index (κ2) is 8.87. The van der Waals surface area contributed by atoms with Gasteiger partial charge in [-0.25, -0.2) is 14.1 Å². The fraction of sp³-hybridized carbons (Fsp3) is 0.0400. The zero-order valence-corrected chi connectivity index (χ0v) is 18.7. The fourth-order valence-corrected chi connectivity index (χ4v) is 4.31. The third-order valence-corrected chi connectivity index (χ3v) is 5.97. The Bertz CT molecular complexity index is 1600. The van der Waals surface area contributed by atoms with Gasteiger partial charge in [0.05, 0.1) is 10.6 Å². The summed E-state index contributed by atoms with van der Waals surface area (Å²) in [6.45, 7) is 1.76. The molecule has 0 aliphatic carbocycles. The van der Waals surface area contributed by atoms with Gasteiger partial charge >= 0.3 is 0 Å². The molecule has 0 amide bonds. The maximum atomic E-state index is 13.8. The lowest BCUT2D eigenvalue weighted by molar-refractivity contribution is -0.384. The van der Waals surface area contributed by atoms with Gasteiger partial charge in [0.2, 0.25) is 4.80 Å². The molecule has 0 aliphatic heterocycles. The molecule has 0 aliphatic rings. The number of nitrogens with zero attached hydrogens (tertiary/aromatic N) is 4. The smallest absolute Gasteiger partial charge is 0.294 e. The van der Waals surface area contributed by atoms with Crippen LogP contribution in [0.15, 0.2) is 98.8 Å². The molecule has 2 heterocycles. The molecule has 0 fully saturated rings. The van der Waals surface area contributed by atoms with Gasteiger partial charge in [0.1, 0.15) is 22.8 Å². The monoisotopic (exact) mass is 472 g/mol. The molecule has 0 bridgehead atoms. The number of fused-ring (bicyclic) bond motifs is 1. The van der Waals surface area contributed by atoms with Crippen LogP contribution in [0.25, 0.3) is 22.4 Å². The Morgan fingerprint density at radius 3 is 2.65 bits per heavy atom. The minimum absolute atomic E-state index is 0.112. The third-order valence-electron chi connectivity index (χ3n) is 5.15. The highest BCUT2D eigenvalue weighted by Gasteiger charge is 2.16. The third kappa shape index (κ3) is 4.16. The number of thiazole rings is 1. The topological polar surface area (TPSA) is 85.9 Å². The number of para-hydroxylation sites is 3.